The summed E-state index contributed by atoms with van der Waals surface area (Å²) in [7, 11) is 0. The minimum absolute atomic E-state index is 0.0132. The van der Waals surface area contributed by atoms with Gasteiger partial charge in [-0.2, -0.15) is 0 Å². The molecule has 0 bridgehead atoms. The Bertz CT molecular complexity index is 790. The molecule has 0 spiro atoms. The minimum Gasteiger partial charge on any atom is -0.325 e. The first-order valence-corrected chi connectivity index (χ1v) is 9.78. The van der Waals surface area contributed by atoms with Gasteiger partial charge in [-0.25, -0.2) is 0 Å². The maximum Gasteiger partial charge on any atom is 0.238 e. The highest BCUT2D eigenvalue weighted by atomic mass is 16.2. The van der Waals surface area contributed by atoms with Crippen molar-refractivity contribution >= 4 is 17.4 Å². The summed E-state index contributed by atoms with van der Waals surface area (Å²) < 4.78 is 0. The van der Waals surface area contributed by atoms with Gasteiger partial charge in [-0.3, -0.25) is 14.5 Å². The number of nitrogens with one attached hydrogen (secondary N) is 1. The highest BCUT2D eigenvalue weighted by molar-refractivity contribution is 5.98. The molecule has 0 aromatic heterocycles. The predicted molar refractivity (Wildman–Crippen MR) is 109 cm³/mol. The number of para-hydroxylation sites is 1. The van der Waals surface area contributed by atoms with E-state index in [4.69, 9.17) is 0 Å². The van der Waals surface area contributed by atoms with E-state index in [9.17, 15) is 9.59 Å². The van der Waals surface area contributed by atoms with Crippen LogP contribution in [0.3, 0.4) is 0 Å². The number of anilines is 1. The van der Waals surface area contributed by atoms with Gasteiger partial charge in [-0.15, -0.1) is 0 Å². The SMILES string of the molecule is CCc1ccccc1NC(=O)CN1CCC(C(=O)c2ccc(C)cc2)CC1. The van der Waals surface area contributed by atoms with Gasteiger partial charge in [0.25, 0.3) is 0 Å². The van der Waals surface area contributed by atoms with Crippen LogP contribution in [0, 0.1) is 12.8 Å². The van der Waals surface area contributed by atoms with Crippen LogP contribution in [0.4, 0.5) is 5.69 Å². The number of benzene rings is 2. The minimum atomic E-state index is 0.0132. The first-order chi connectivity index (χ1) is 13.1. The fourth-order valence-electron chi connectivity index (χ4n) is 3.65. The zero-order valence-corrected chi connectivity index (χ0v) is 16.2. The van der Waals surface area contributed by atoms with Gasteiger partial charge in [-0.05, 0) is 50.9 Å². The van der Waals surface area contributed by atoms with Crippen molar-refractivity contribution < 1.29 is 9.59 Å². The summed E-state index contributed by atoms with van der Waals surface area (Å²) in [5, 5.41) is 3.03. The van der Waals surface area contributed by atoms with Gasteiger partial charge in [-0.1, -0.05) is 55.0 Å². The number of aryl methyl sites for hydroxylation is 2. The molecule has 1 fully saturated rings. The third-order valence-electron chi connectivity index (χ3n) is 5.33. The van der Waals surface area contributed by atoms with Crippen LogP contribution in [0.1, 0.15) is 41.3 Å². The lowest BCUT2D eigenvalue weighted by Gasteiger charge is -2.30. The topological polar surface area (TPSA) is 49.4 Å². The summed E-state index contributed by atoms with van der Waals surface area (Å²) in [6, 6.07) is 15.7. The molecule has 0 aliphatic carbocycles. The molecule has 3 rings (SSSR count). The second-order valence-corrected chi connectivity index (χ2v) is 7.34. The highest BCUT2D eigenvalue weighted by Gasteiger charge is 2.26. The number of likely N-dealkylation sites (tertiary alicyclic amines) is 1. The molecule has 1 N–H and O–H groups in total. The summed E-state index contributed by atoms with van der Waals surface area (Å²) >= 11 is 0. The molecule has 142 valence electrons. The van der Waals surface area contributed by atoms with E-state index in [0.717, 1.165) is 54.7 Å². The Labute approximate surface area is 161 Å². The van der Waals surface area contributed by atoms with E-state index >= 15 is 0 Å². The number of carbonyl (C=O) groups excluding carboxylic acids is 2. The highest BCUT2D eigenvalue weighted by Crippen LogP contribution is 2.22. The molecular weight excluding hydrogens is 336 g/mol. The average molecular weight is 364 g/mol. The van der Waals surface area contributed by atoms with Crippen LogP contribution in [0.2, 0.25) is 0 Å². The molecule has 1 aliphatic rings. The molecule has 4 nitrogen and oxygen atoms in total. The zero-order chi connectivity index (χ0) is 19.2. The van der Waals surface area contributed by atoms with Gasteiger partial charge >= 0.3 is 0 Å². The number of carbonyl (C=O) groups is 2. The number of hydrogen-bond donors (Lipinski definition) is 1. The van der Waals surface area contributed by atoms with Crippen molar-refractivity contribution in [2.75, 3.05) is 25.0 Å². The standard InChI is InChI=1S/C23H28N2O2/c1-3-18-6-4-5-7-21(18)24-22(26)16-25-14-12-20(13-15-25)23(27)19-10-8-17(2)9-11-19/h4-11,20H,3,12-16H2,1-2H3,(H,24,26). The van der Waals surface area contributed by atoms with E-state index in [0.29, 0.717) is 6.54 Å². The van der Waals surface area contributed by atoms with Crippen LogP contribution >= 0.6 is 0 Å². The molecule has 2 aromatic carbocycles. The molecule has 1 saturated heterocycles. The second-order valence-electron chi connectivity index (χ2n) is 7.34. The second kappa shape index (κ2) is 8.96. The molecule has 0 atom stereocenters. The maximum atomic E-state index is 12.7. The normalized spacial score (nSPS) is 15.5. The number of Topliss-reactive ketones (excluding diaryl/α,β-unsaturated/α-hetero) is 1. The van der Waals surface area contributed by atoms with Gasteiger partial charge in [0.05, 0.1) is 6.54 Å². The predicted octanol–water partition coefficient (Wildman–Crippen LogP) is 4.09. The monoisotopic (exact) mass is 364 g/mol. The number of amides is 1. The van der Waals surface area contributed by atoms with Gasteiger partial charge < -0.3 is 5.32 Å². The van der Waals surface area contributed by atoms with E-state index in [2.05, 4.69) is 17.1 Å². The molecule has 1 amide bonds. The Morgan fingerprint density at radius 3 is 2.37 bits per heavy atom. The van der Waals surface area contributed by atoms with E-state index in [-0.39, 0.29) is 17.6 Å². The Morgan fingerprint density at radius 1 is 1.04 bits per heavy atom. The van der Waals surface area contributed by atoms with Crippen molar-refractivity contribution in [2.45, 2.75) is 33.1 Å². The quantitative estimate of drug-likeness (QED) is 0.786. The number of rotatable bonds is 6. The van der Waals surface area contributed by atoms with Crippen LogP contribution < -0.4 is 5.32 Å². The molecule has 0 saturated carbocycles. The van der Waals surface area contributed by atoms with E-state index < -0.39 is 0 Å². The lowest BCUT2D eigenvalue weighted by atomic mass is 9.88. The largest absolute Gasteiger partial charge is 0.325 e. The Kier molecular flexibility index (Phi) is 6.40. The van der Waals surface area contributed by atoms with Gasteiger partial charge in [0.1, 0.15) is 0 Å². The molecular formula is C23H28N2O2. The van der Waals surface area contributed by atoms with E-state index in [1.807, 2.05) is 55.5 Å². The van der Waals surface area contributed by atoms with Crippen molar-refractivity contribution in [2.24, 2.45) is 5.92 Å². The summed E-state index contributed by atoms with van der Waals surface area (Å²) in [5.41, 5.74) is 4.01. The van der Waals surface area contributed by atoms with E-state index in [1.165, 1.54) is 0 Å². The summed E-state index contributed by atoms with van der Waals surface area (Å²) in [5.74, 6) is 0.308. The molecule has 1 aliphatic heterocycles. The van der Waals surface area contributed by atoms with Gasteiger partial charge in [0.2, 0.25) is 5.91 Å². The Hall–Kier alpha value is -2.46. The van der Waals surface area contributed by atoms with Crippen molar-refractivity contribution in [3.63, 3.8) is 0 Å². The van der Waals surface area contributed by atoms with Crippen LogP contribution in [-0.2, 0) is 11.2 Å². The van der Waals surface area contributed by atoms with Gasteiger partial charge in [0.15, 0.2) is 5.78 Å². The lowest BCUT2D eigenvalue weighted by molar-refractivity contribution is -0.117. The lowest BCUT2D eigenvalue weighted by Crippen LogP contribution is -2.40. The van der Waals surface area contributed by atoms with Crippen molar-refractivity contribution in [3.05, 3.63) is 65.2 Å². The fraction of sp³-hybridized carbons (Fsp3) is 0.391. The van der Waals surface area contributed by atoms with E-state index in [1.54, 1.807) is 0 Å². The zero-order valence-electron chi connectivity index (χ0n) is 16.2. The van der Waals surface area contributed by atoms with Crippen molar-refractivity contribution in [1.29, 1.82) is 0 Å². The van der Waals surface area contributed by atoms with Crippen molar-refractivity contribution in [3.8, 4) is 0 Å². The maximum absolute atomic E-state index is 12.7. The Morgan fingerprint density at radius 2 is 1.70 bits per heavy atom. The third kappa shape index (κ3) is 5.04. The third-order valence-corrected chi connectivity index (χ3v) is 5.33. The number of hydrogen-bond acceptors (Lipinski definition) is 3. The average Bonchev–Trinajstić information content (AvgIpc) is 2.69. The Balaban J connectivity index is 1.49. The molecule has 0 unspecified atom stereocenters. The number of ketones is 1. The summed E-state index contributed by atoms with van der Waals surface area (Å²) in [4.78, 5) is 27.2. The molecule has 27 heavy (non-hydrogen) atoms. The van der Waals surface area contributed by atoms with Gasteiger partial charge in [0, 0.05) is 17.2 Å². The van der Waals surface area contributed by atoms with Crippen LogP contribution in [0.25, 0.3) is 0 Å². The first-order valence-electron chi connectivity index (χ1n) is 9.78. The van der Waals surface area contributed by atoms with Crippen LogP contribution in [0.5, 0.6) is 0 Å². The fourth-order valence-corrected chi connectivity index (χ4v) is 3.65. The summed E-state index contributed by atoms with van der Waals surface area (Å²) in [6.45, 7) is 6.05. The number of nitrogens with zero attached hydrogens (tertiary/aromatic N) is 1. The molecule has 2 aromatic rings. The van der Waals surface area contributed by atoms with Crippen LogP contribution in [-0.4, -0.2) is 36.2 Å². The smallest absolute Gasteiger partial charge is 0.238 e. The molecule has 4 heteroatoms. The number of piperidine rings is 1. The summed E-state index contributed by atoms with van der Waals surface area (Å²) in [6.07, 6.45) is 2.51. The van der Waals surface area contributed by atoms with Crippen molar-refractivity contribution in [1.82, 2.24) is 4.90 Å². The molecule has 1 heterocycles. The molecule has 0 radical (unpaired) electrons. The first kappa shape index (κ1) is 19.3. The van der Waals surface area contributed by atoms with Crippen LogP contribution in [0.15, 0.2) is 48.5 Å².